The van der Waals surface area contributed by atoms with Crippen molar-refractivity contribution in [3.8, 4) is 5.75 Å². The first-order valence-electron chi connectivity index (χ1n) is 9.88. The van der Waals surface area contributed by atoms with E-state index in [2.05, 4.69) is 35.9 Å². The predicted octanol–water partition coefficient (Wildman–Crippen LogP) is 4.39. The number of hydrogen-bond donors (Lipinski definition) is 1. The van der Waals surface area contributed by atoms with Gasteiger partial charge in [-0.15, -0.1) is 0 Å². The van der Waals surface area contributed by atoms with Gasteiger partial charge in [-0.3, -0.25) is 4.79 Å². The van der Waals surface area contributed by atoms with Crippen molar-refractivity contribution in [2.45, 2.75) is 47.2 Å². The van der Waals surface area contributed by atoms with Crippen LogP contribution in [-0.2, 0) is 17.9 Å². The molecule has 1 heterocycles. The van der Waals surface area contributed by atoms with Crippen LogP contribution in [0.2, 0.25) is 0 Å². The molecule has 1 N–H and O–H groups in total. The summed E-state index contributed by atoms with van der Waals surface area (Å²) >= 11 is 0. The first-order chi connectivity index (χ1) is 13.5. The number of ether oxygens (including phenoxy) is 1. The lowest BCUT2D eigenvalue weighted by atomic mass is 10.1. The molecule has 5 nitrogen and oxygen atoms in total. The van der Waals surface area contributed by atoms with Crippen molar-refractivity contribution in [1.82, 2.24) is 14.9 Å². The molecule has 148 valence electrons. The molecule has 0 radical (unpaired) electrons. The van der Waals surface area contributed by atoms with Gasteiger partial charge in [0.25, 0.3) is 0 Å². The lowest BCUT2D eigenvalue weighted by Crippen LogP contribution is -2.28. The van der Waals surface area contributed by atoms with Crippen molar-refractivity contribution in [3.63, 3.8) is 0 Å². The fraction of sp³-hybridized carbons (Fsp3) is 0.391. The molecule has 0 atom stereocenters. The van der Waals surface area contributed by atoms with Gasteiger partial charge >= 0.3 is 0 Å². The van der Waals surface area contributed by atoms with E-state index < -0.39 is 0 Å². The number of nitrogens with zero attached hydrogens (tertiary/aromatic N) is 2. The first-order valence-corrected chi connectivity index (χ1v) is 9.88. The number of hydrogen-bond acceptors (Lipinski definition) is 3. The van der Waals surface area contributed by atoms with E-state index in [0.29, 0.717) is 13.2 Å². The standard InChI is InChI=1S/C23H29N3O2/c1-16(2)23(27)24-15-22-25-19-10-5-6-11-20(19)26(22)13-8-14-28-21-12-7-9-17(3)18(21)4/h5-7,9-12,16H,8,13-15H2,1-4H3,(H,24,27). The second-order valence-corrected chi connectivity index (χ2v) is 7.44. The molecule has 3 aromatic rings. The molecule has 0 unspecified atom stereocenters. The molecule has 1 amide bonds. The molecule has 0 bridgehead atoms. The van der Waals surface area contributed by atoms with Gasteiger partial charge in [0.1, 0.15) is 11.6 Å². The van der Waals surface area contributed by atoms with E-state index in [-0.39, 0.29) is 11.8 Å². The summed E-state index contributed by atoms with van der Waals surface area (Å²) in [6, 6.07) is 14.2. The van der Waals surface area contributed by atoms with Crippen LogP contribution in [0.4, 0.5) is 0 Å². The predicted molar refractivity (Wildman–Crippen MR) is 112 cm³/mol. The Labute approximate surface area is 166 Å². The van der Waals surface area contributed by atoms with E-state index in [1.807, 2.05) is 44.2 Å². The molecule has 0 spiro atoms. The maximum absolute atomic E-state index is 12.0. The number of imidazole rings is 1. The Hall–Kier alpha value is -2.82. The largest absolute Gasteiger partial charge is 0.493 e. The monoisotopic (exact) mass is 379 g/mol. The van der Waals surface area contributed by atoms with Gasteiger partial charge in [0.15, 0.2) is 0 Å². The number of para-hydroxylation sites is 2. The summed E-state index contributed by atoms with van der Waals surface area (Å²) in [4.78, 5) is 16.7. The lowest BCUT2D eigenvalue weighted by Gasteiger charge is -2.13. The van der Waals surface area contributed by atoms with Gasteiger partial charge in [0, 0.05) is 12.5 Å². The van der Waals surface area contributed by atoms with E-state index in [4.69, 9.17) is 9.72 Å². The highest BCUT2D eigenvalue weighted by atomic mass is 16.5. The highest BCUT2D eigenvalue weighted by Crippen LogP contribution is 2.21. The molecular formula is C23H29N3O2. The summed E-state index contributed by atoms with van der Waals surface area (Å²) in [5, 5.41) is 2.98. The quantitative estimate of drug-likeness (QED) is 0.591. The van der Waals surface area contributed by atoms with Gasteiger partial charge in [-0.1, -0.05) is 38.1 Å². The molecule has 0 aliphatic carbocycles. The number of aromatic nitrogens is 2. The van der Waals surface area contributed by atoms with E-state index in [0.717, 1.165) is 35.6 Å². The molecular weight excluding hydrogens is 350 g/mol. The Balaban J connectivity index is 1.68. The minimum absolute atomic E-state index is 0.0382. The Morgan fingerprint density at radius 2 is 1.93 bits per heavy atom. The Kier molecular flexibility index (Phi) is 6.34. The maximum Gasteiger partial charge on any atom is 0.222 e. The van der Waals surface area contributed by atoms with Gasteiger partial charge in [0.2, 0.25) is 5.91 Å². The summed E-state index contributed by atoms with van der Waals surface area (Å²) in [6.07, 6.45) is 0.860. The fourth-order valence-electron chi connectivity index (χ4n) is 3.17. The number of aryl methyl sites for hydroxylation is 2. The molecule has 2 aromatic carbocycles. The first kappa shape index (κ1) is 19.9. The lowest BCUT2D eigenvalue weighted by molar-refractivity contribution is -0.124. The molecule has 0 saturated heterocycles. The van der Waals surface area contributed by atoms with Crippen LogP contribution >= 0.6 is 0 Å². The minimum Gasteiger partial charge on any atom is -0.493 e. The van der Waals surface area contributed by atoms with E-state index >= 15 is 0 Å². The number of nitrogens with one attached hydrogen (secondary N) is 1. The SMILES string of the molecule is Cc1cccc(OCCCn2c(CNC(=O)C(C)C)nc3ccccc32)c1C. The average molecular weight is 380 g/mol. The summed E-state index contributed by atoms with van der Waals surface area (Å²) < 4.78 is 8.18. The maximum atomic E-state index is 12.0. The zero-order chi connectivity index (χ0) is 20.1. The van der Waals surface area contributed by atoms with Crippen molar-refractivity contribution in [2.24, 2.45) is 5.92 Å². The molecule has 28 heavy (non-hydrogen) atoms. The zero-order valence-corrected chi connectivity index (χ0v) is 17.2. The highest BCUT2D eigenvalue weighted by Gasteiger charge is 2.13. The van der Waals surface area contributed by atoms with Gasteiger partial charge in [0.05, 0.1) is 24.2 Å². The normalized spacial score (nSPS) is 11.2. The van der Waals surface area contributed by atoms with Crippen LogP contribution in [0.1, 0.15) is 37.2 Å². The van der Waals surface area contributed by atoms with Crippen molar-refractivity contribution in [3.05, 3.63) is 59.4 Å². The van der Waals surface area contributed by atoms with Gasteiger partial charge in [-0.05, 0) is 49.6 Å². The fourth-order valence-corrected chi connectivity index (χ4v) is 3.17. The Morgan fingerprint density at radius 1 is 1.14 bits per heavy atom. The summed E-state index contributed by atoms with van der Waals surface area (Å²) in [5.41, 5.74) is 4.46. The molecule has 0 fully saturated rings. The molecule has 0 aliphatic rings. The van der Waals surface area contributed by atoms with Gasteiger partial charge in [-0.2, -0.15) is 0 Å². The summed E-state index contributed by atoms with van der Waals surface area (Å²) in [5.74, 6) is 1.82. The van der Waals surface area contributed by atoms with Crippen molar-refractivity contribution >= 4 is 16.9 Å². The number of benzene rings is 2. The molecule has 1 aromatic heterocycles. The molecule has 0 saturated carbocycles. The van der Waals surface area contributed by atoms with Gasteiger partial charge < -0.3 is 14.6 Å². The van der Waals surface area contributed by atoms with Crippen LogP contribution in [0.3, 0.4) is 0 Å². The van der Waals surface area contributed by atoms with Crippen LogP contribution in [-0.4, -0.2) is 22.1 Å². The highest BCUT2D eigenvalue weighted by molar-refractivity contribution is 5.78. The third kappa shape index (κ3) is 4.53. The van der Waals surface area contributed by atoms with Crippen LogP contribution in [0.25, 0.3) is 11.0 Å². The van der Waals surface area contributed by atoms with Crippen LogP contribution in [0, 0.1) is 19.8 Å². The van der Waals surface area contributed by atoms with E-state index in [1.165, 1.54) is 11.1 Å². The molecule has 0 aliphatic heterocycles. The van der Waals surface area contributed by atoms with Crippen LogP contribution in [0.15, 0.2) is 42.5 Å². The third-order valence-corrected chi connectivity index (χ3v) is 5.02. The minimum atomic E-state index is -0.0382. The second kappa shape index (κ2) is 8.91. The smallest absolute Gasteiger partial charge is 0.222 e. The van der Waals surface area contributed by atoms with Crippen LogP contribution in [0.5, 0.6) is 5.75 Å². The number of amides is 1. The number of carbonyl (C=O) groups excluding carboxylic acids is 1. The summed E-state index contributed by atoms with van der Waals surface area (Å²) in [6.45, 7) is 9.82. The van der Waals surface area contributed by atoms with Crippen molar-refractivity contribution < 1.29 is 9.53 Å². The van der Waals surface area contributed by atoms with E-state index in [9.17, 15) is 4.79 Å². The molecule has 3 rings (SSSR count). The van der Waals surface area contributed by atoms with Gasteiger partial charge in [-0.25, -0.2) is 4.98 Å². The van der Waals surface area contributed by atoms with E-state index in [1.54, 1.807) is 0 Å². The third-order valence-electron chi connectivity index (χ3n) is 5.02. The molecule has 5 heteroatoms. The van der Waals surface area contributed by atoms with Crippen molar-refractivity contribution in [1.29, 1.82) is 0 Å². The Bertz CT molecular complexity index is 960. The van der Waals surface area contributed by atoms with Crippen molar-refractivity contribution in [2.75, 3.05) is 6.61 Å². The zero-order valence-electron chi connectivity index (χ0n) is 17.2. The Morgan fingerprint density at radius 3 is 2.71 bits per heavy atom. The number of carbonyl (C=O) groups is 1. The topological polar surface area (TPSA) is 56.1 Å². The van der Waals surface area contributed by atoms with Crippen LogP contribution < -0.4 is 10.1 Å². The average Bonchev–Trinajstić information content (AvgIpc) is 3.04. The summed E-state index contributed by atoms with van der Waals surface area (Å²) in [7, 11) is 0. The number of fused-ring (bicyclic) bond motifs is 1. The number of rotatable bonds is 8. The second-order valence-electron chi connectivity index (χ2n) is 7.44.